The molecule has 0 saturated heterocycles. The molecule has 9 rings (SSSR count). The van der Waals surface area contributed by atoms with Crippen molar-refractivity contribution in [1.29, 1.82) is 0 Å². The molecule has 0 atom stereocenters. The fraction of sp³-hybridized carbons (Fsp3) is 0. The largest absolute Gasteiger partial charge is 0.456 e. The normalized spacial score (nSPS) is 11.3. The molecule has 240 valence electrons. The summed E-state index contributed by atoms with van der Waals surface area (Å²) in [5.41, 5.74) is 11.2. The molecular weight excluding hydrogens is 653 g/mol. The number of fused-ring (bicyclic) bond motifs is 3. The van der Waals surface area contributed by atoms with Crippen molar-refractivity contribution in [3.05, 3.63) is 146 Å². The molecule has 7 aromatic carbocycles. The summed E-state index contributed by atoms with van der Waals surface area (Å²) in [5, 5.41) is 2.04. The molecule has 10 radical (unpaired) electrons. The molecule has 9 heteroatoms. The Hall–Kier alpha value is -6.33. The molecule has 0 fully saturated rings. The Balaban J connectivity index is 1.02. The van der Waals surface area contributed by atoms with Gasteiger partial charge in [0.15, 0.2) is 17.5 Å². The van der Waals surface area contributed by atoms with Gasteiger partial charge in [0.1, 0.15) is 50.4 Å². The van der Waals surface area contributed by atoms with E-state index in [1.54, 1.807) is 0 Å². The summed E-state index contributed by atoms with van der Waals surface area (Å²) in [5.74, 6) is 1.80. The fourth-order valence-corrected chi connectivity index (χ4v) is 6.88. The third-order valence-corrected chi connectivity index (χ3v) is 9.85. The molecule has 0 unspecified atom stereocenters. The number of hydrogen-bond donors (Lipinski definition) is 0. The van der Waals surface area contributed by atoms with Crippen molar-refractivity contribution in [3.63, 3.8) is 0 Å². The average molecular weight is 677 g/mol. The van der Waals surface area contributed by atoms with Crippen molar-refractivity contribution < 1.29 is 4.42 Å². The number of rotatable bonds is 6. The second kappa shape index (κ2) is 13.6. The summed E-state index contributed by atoms with van der Waals surface area (Å²) in [4.78, 5) is 14.6. The van der Waals surface area contributed by atoms with E-state index < -0.39 is 0 Å². The van der Waals surface area contributed by atoms with E-state index in [0.29, 0.717) is 34.0 Å². The van der Waals surface area contributed by atoms with Crippen molar-refractivity contribution in [2.75, 3.05) is 0 Å². The molecular formula is C45H24B5N3O. The van der Waals surface area contributed by atoms with Gasteiger partial charge >= 0.3 is 0 Å². The first-order valence-corrected chi connectivity index (χ1v) is 17.4. The van der Waals surface area contributed by atoms with Gasteiger partial charge in [-0.2, -0.15) is 0 Å². The van der Waals surface area contributed by atoms with Crippen LogP contribution in [0.4, 0.5) is 0 Å². The van der Waals surface area contributed by atoms with Crippen LogP contribution in [0.15, 0.2) is 150 Å². The molecule has 54 heavy (non-hydrogen) atoms. The first-order chi connectivity index (χ1) is 26.3. The van der Waals surface area contributed by atoms with Gasteiger partial charge in [-0.25, -0.2) is 15.0 Å². The molecule has 9 aromatic rings. The number of furan rings is 1. The van der Waals surface area contributed by atoms with Crippen molar-refractivity contribution >= 4 is 88.5 Å². The molecule has 0 aliphatic heterocycles. The smallest absolute Gasteiger partial charge is 0.164 e. The minimum absolute atomic E-state index is 0.200. The summed E-state index contributed by atoms with van der Waals surface area (Å²) in [6, 6.07) is 48.7. The van der Waals surface area contributed by atoms with Crippen LogP contribution in [-0.4, -0.2) is 54.2 Å². The van der Waals surface area contributed by atoms with Crippen LogP contribution in [0, 0.1) is 0 Å². The van der Waals surface area contributed by atoms with Crippen LogP contribution in [0.2, 0.25) is 0 Å². The molecule has 0 bridgehead atoms. The monoisotopic (exact) mass is 677 g/mol. The highest BCUT2D eigenvalue weighted by molar-refractivity contribution is 6.68. The summed E-state index contributed by atoms with van der Waals surface area (Å²) in [7, 11) is 30.7. The lowest BCUT2D eigenvalue weighted by Crippen LogP contribution is -2.55. The zero-order valence-corrected chi connectivity index (χ0v) is 29.0. The molecule has 0 aliphatic carbocycles. The second-order valence-electron chi connectivity index (χ2n) is 13.2. The van der Waals surface area contributed by atoms with Crippen molar-refractivity contribution in [2.24, 2.45) is 0 Å². The maximum Gasteiger partial charge on any atom is 0.164 e. The standard InChI is InChI=1S/C45H24B5N3O/c46-38-37(39(47)41(49)42(50)40(38)48)28-17-15-26(16-18-28)25-11-13-27(14-12-25)31-20-22-35-34(23-31)33-21-19-32(24-36(33)54-35)45-52-43(29-7-3-1-4-8-29)51-44(53-45)30-9-5-2-6-10-30/h1-24H. The number of benzene rings is 7. The van der Waals surface area contributed by atoms with Crippen LogP contribution in [-0.2, 0) is 0 Å². The molecule has 2 aromatic heterocycles. The van der Waals surface area contributed by atoms with Crippen LogP contribution >= 0.6 is 0 Å². The van der Waals surface area contributed by atoms with Gasteiger partial charge in [-0.05, 0) is 57.6 Å². The van der Waals surface area contributed by atoms with Crippen LogP contribution < -0.4 is 27.3 Å². The van der Waals surface area contributed by atoms with Crippen LogP contribution in [0.1, 0.15) is 0 Å². The molecule has 4 nitrogen and oxygen atoms in total. The lowest BCUT2D eigenvalue weighted by molar-refractivity contribution is 0.669. The van der Waals surface area contributed by atoms with Gasteiger partial charge in [-0.1, -0.05) is 132 Å². The molecule has 0 spiro atoms. The molecule has 2 heterocycles. The summed E-state index contributed by atoms with van der Waals surface area (Å²) < 4.78 is 6.38. The summed E-state index contributed by atoms with van der Waals surface area (Å²) in [6.45, 7) is 0. The van der Waals surface area contributed by atoms with Gasteiger partial charge in [-0.3, -0.25) is 0 Å². The lowest BCUT2D eigenvalue weighted by atomic mass is 9.59. The summed E-state index contributed by atoms with van der Waals surface area (Å²) in [6.07, 6.45) is 0. The first kappa shape index (κ1) is 33.5. The van der Waals surface area contributed by atoms with Gasteiger partial charge in [-0.15, -0.1) is 16.4 Å². The van der Waals surface area contributed by atoms with Crippen molar-refractivity contribution in [1.82, 2.24) is 15.0 Å². The Bertz CT molecular complexity index is 2770. The minimum atomic E-state index is 0.200. The highest BCUT2D eigenvalue weighted by atomic mass is 16.3. The number of aromatic nitrogens is 3. The maximum atomic E-state index is 6.38. The molecule has 0 N–H and O–H groups in total. The van der Waals surface area contributed by atoms with E-state index in [1.807, 2.05) is 103 Å². The van der Waals surface area contributed by atoms with E-state index in [-0.39, 0.29) is 16.4 Å². The highest BCUT2D eigenvalue weighted by Crippen LogP contribution is 2.35. The quantitative estimate of drug-likeness (QED) is 0.211. The van der Waals surface area contributed by atoms with Crippen LogP contribution in [0.25, 0.3) is 89.5 Å². The maximum absolute atomic E-state index is 6.38. The SMILES string of the molecule is [B]c1c([B])c([B])c(-c2ccc(-c3ccc(-c4ccc5oc6cc(-c7nc(-c8ccccc8)nc(-c8ccccc8)n7)ccc6c5c4)cc3)cc2)c([B])c1[B]. The number of hydrogen-bond acceptors (Lipinski definition) is 4. The van der Waals surface area contributed by atoms with E-state index in [0.717, 1.165) is 66.4 Å². The van der Waals surface area contributed by atoms with Crippen LogP contribution in [0.3, 0.4) is 0 Å². The number of nitrogens with zero attached hydrogens (tertiary/aromatic N) is 3. The molecule has 0 aliphatic rings. The average Bonchev–Trinajstić information content (AvgIpc) is 3.60. The van der Waals surface area contributed by atoms with E-state index in [1.165, 1.54) is 0 Å². The highest BCUT2D eigenvalue weighted by Gasteiger charge is 2.16. The van der Waals surface area contributed by atoms with Gasteiger partial charge in [0.2, 0.25) is 0 Å². The van der Waals surface area contributed by atoms with Gasteiger partial charge in [0.05, 0.1) is 0 Å². The Morgan fingerprint density at radius 2 is 0.741 bits per heavy atom. The fourth-order valence-electron chi connectivity index (χ4n) is 6.88. The van der Waals surface area contributed by atoms with E-state index in [9.17, 15) is 0 Å². The van der Waals surface area contributed by atoms with Gasteiger partial charge < -0.3 is 4.42 Å². The van der Waals surface area contributed by atoms with Crippen molar-refractivity contribution in [3.8, 4) is 67.5 Å². The predicted molar refractivity (Wildman–Crippen MR) is 227 cm³/mol. The predicted octanol–water partition coefficient (Wildman–Crippen LogP) is 5.74. The molecule has 0 saturated carbocycles. The van der Waals surface area contributed by atoms with Gasteiger partial charge in [0.25, 0.3) is 0 Å². The first-order valence-electron chi connectivity index (χ1n) is 17.4. The minimum Gasteiger partial charge on any atom is -0.456 e. The summed E-state index contributed by atoms with van der Waals surface area (Å²) >= 11 is 0. The zero-order chi connectivity index (χ0) is 36.9. The molecule has 0 amide bonds. The lowest BCUT2D eigenvalue weighted by Gasteiger charge is -2.21. The second-order valence-corrected chi connectivity index (χ2v) is 13.2. The van der Waals surface area contributed by atoms with Gasteiger partial charge in [0, 0.05) is 27.5 Å². The Morgan fingerprint density at radius 1 is 0.315 bits per heavy atom. The Labute approximate surface area is 319 Å². The van der Waals surface area contributed by atoms with E-state index in [4.69, 9.17) is 58.6 Å². The third kappa shape index (κ3) is 5.96. The van der Waals surface area contributed by atoms with Crippen LogP contribution in [0.5, 0.6) is 0 Å². The van der Waals surface area contributed by atoms with E-state index >= 15 is 0 Å². The zero-order valence-electron chi connectivity index (χ0n) is 29.0. The van der Waals surface area contributed by atoms with E-state index in [2.05, 4.69) is 42.5 Å². The third-order valence-electron chi connectivity index (χ3n) is 9.85. The Kier molecular flexibility index (Phi) is 8.43. The topological polar surface area (TPSA) is 51.8 Å². The van der Waals surface area contributed by atoms with Crippen molar-refractivity contribution in [2.45, 2.75) is 0 Å². The Morgan fingerprint density at radius 3 is 1.28 bits per heavy atom.